The van der Waals surface area contributed by atoms with E-state index in [2.05, 4.69) is 4.72 Å². The number of hydrogen-bond acceptors (Lipinski definition) is 2. The van der Waals surface area contributed by atoms with Crippen LogP contribution < -0.4 is 4.72 Å². The van der Waals surface area contributed by atoms with E-state index in [0.29, 0.717) is 4.90 Å². The topological polar surface area (TPSA) is 46.2 Å². The van der Waals surface area contributed by atoms with Crippen LogP contribution >= 0.6 is 0 Å². The van der Waals surface area contributed by atoms with Crippen LogP contribution in [0.25, 0.3) is 0 Å². The van der Waals surface area contributed by atoms with E-state index in [0.717, 1.165) is 31.2 Å². The molecule has 1 aliphatic rings. The summed E-state index contributed by atoms with van der Waals surface area (Å²) in [4.78, 5) is 0.366. The summed E-state index contributed by atoms with van der Waals surface area (Å²) in [5.41, 5.74) is 1.07. The molecule has 0 heterocycles. The molecule has 16 heavy (non-hydrogen) atoms. The highest BCUT2D eigenvalue weighted by Gasteiger charge is 2.22. The van der Waals surface area contributed by atoms with E-state index >= 15 is 0 Å². The third-order valence-corrected chi connectivity index (χ3v) is 4.54. The normalized spacial score (nSPS) is 17.8. The predicted octanol–water partition coefficient (Wildman–Crippen LogP) is 2.22. The smallest absolute Gasteiger partial charge is 0.208 e. The lowest BCUT2D eigenvalue weighted by atomic mass is 10.2. The summed E-state index contributed by atoms with van der Waals surface area (Å²) < 4.78 is 26.7. The minimum absolute atomic E-state index is 0.131. The minimum Gasteiger partial charge on any atom is -0.208 e. The first-order chi connectivity index (χ1) is 7.58. The maximum atomic E-state index is 12.0. The molecule has 1 aromatic carbocycles. The first-order valence-corrected chi connectivity index (χ1v) is 7.15. The summed E-state index contributed by atoms with van der Waals surface area (Å²) in [7, 11) is -3.31. The maximum Gasteiger partial charge on any atom is 0.240 e. The van der Waals surface area contributed by atoms with Crippen LogP contribution in [-0.2, 0) is 10.0 Å². The Labute approximate surface area is 96.9 Å². The molecule has 0 atom stereocenters. The number of rotatable bonds is 3. The average molecular weight is 239 g/mol. The van der Waals surface area contributed by atoms with Crippen LogP contribution in [0.4, 0.5) is 0 Å². The van der Waals surface area contributed by atoms with Gasteiger partial charge in [-0.05, 0) is 31.9 Å². The summed E-state index contributed by atoms with van der Waals surface area (Å²) in [6.07, 6.45) is 4.18. The van der Waals surface area contributed by atoms with Gasteiger partial charge in [0, 0.05) is 6.04 Å². The zero-order chi connectivity index (χ0) is 11.6. The van der Waals surface area contributed by atoms with Crippen LogP contribution in [0.3, 0.4) is 0 Å². The second kappa shape index (κ2) is 4.55. The highest BCUT2D eigenvalue weighted by molar-refractivity contribution is 7.89. The summed E-state index contributed by atoms with van der Waals surface area (Å²) >= 11 is 0. The molecule has 88 valence electrons. The van der Waals surface area contributed by atoms with Crippen LogP contribution in [-0.4, -0.2) is 14.5 Å². The van der Waals surface area contributed by atoms with E-state index in [9.17, 15) is 8.42 Å². The molecular weight excluding hydrogens is 222 g/mol. The number of sulfonamides is 1. The largest absolute Gasteiger partial charge is 0.240 e. The van der Waals surface area contributed by atoms with E-state index in [4.69, 9.17) is 0 Å². The number of nitrogens with one attached hydrogen (secondary N) is 1. The van der Waals surface area contributed by atoms with E-state index in [1.54, 1.807) is 12.1 Å². The third-order valence-electron chi connectivity index (χ3n) is 3.01. The summed E-state index contributed by atoms with van der Waals surface area (Å²) in [6.45, 7) is 1.95. The third kappa shape index (κ3) is 2.62. The highest BCUT2D eigenvalue weighted by Crippen LogP contribution is 2.20. The highest BCUT2D eigenvalue weighted by atomic mass is 32.2. The van der Waals surface area contributed by atoms with Gasteiger partial charge in [0.2, 0.25) is 10.0 Å². The molecule has 2 rings (SSSR count). The fourth-order valence-electron chi connectivity index (χ4n) is 2.05. The van der Waals surface area contributed by atoms with Crippen molar-refractivity contribution in [2.24, 2.45) is 0 Å². The average Bonchev–Trinajstić information content (AvgIpc) is 2.70. The lowest BCUT2D eigenvalue weighted by Crippen LogP contribution is -2.32. The molecule has 4 heteroatoms. The first kappa shape index (κ1) is 11.6. The quantitative estimate of drug-likeness (QED) is 0.879. The SMILES string of the molecule is Cc1ccc(S(=O)(=O)NC2CCCC2)cc1. The number of benzene rings is 1. The maximum absolute atomic E-state index is 12.0. The van der Waals surface area contributed by atoms with E-state index < -0.39 is 10.0 Å². The van der Waals surface area contributed by atoms with Crippen molar-refractivity contribution in [2.45, 2.75) is 43.5 Å². The Bertz CT molecular complexity index is 444. The molecule has 1 saturated carbocycles. The van der Waals surface area contributed by atoms with Gasteiger partial charge in [-0.15, -0.1) is 0 Å². The van der Waals surface area contributed by atoms with Crippen molar-refractivity contribution < 1.29 is 8.42 Å². The van der Waals surface area contributed by atoms with Gasteiger partial charge in [0.25, 0.3) is 0 Å². The Morgan fingerprint density at radius 1 is 1.12 bits per heavy atom. The molecule has 3 nitrogen and oxygen atoms in total. The van der Waals surface area contributed by atoms with Gasteiger partial charge in [0.15, 0.2) is 0 Å². The molecule has 0 amide bonds. The molecular formula is C12H17NO2S. The van der Waals surface area contributed by atoms with Gasteiger partial charge >= 0.3 is 0 Å². The Kier molecular flexibility index (Phi) is 3.30. The summed E-state index contributed by atoms with van der Waals surface area (Å²) in [5.74, 6) is 0. The molecule has 0 aromatic heterocycles. The van der Waals surface area contributed by atoms with Crippen molar-refractivity contribution in [3.8, 4) is 0 Å². The van der Waals surface area contributed by atoms with Gasteiger partial charge in [-0.25, -0.2) is 13.1 Å². The standard InChI is InChI=1S/C12H17NO2S/c1-10-6-8-12(9-7-10)16(14,15)13-11-4-2-3-5-11/h6-9,11,13H,2-5H2,1H3. The molecule has 0 saturated heterocycles. The molecule has 1 aliphatic carbocycles. The van der Waals surface area contributed by atoms with Crippen molar-refractivity contribution in [3.63, 3.8) is 0 Å². The van der Waals surface area contributed by atoms with Gasteiger partial charge in [-0.3, -0.25) is 0 Å². The van der Waals surface area contributed by atoms with Crippen molar-refractivity contribution in [2.75, 3.05) is 0 Å². The first-order valence-electron chi connectivity index (χ1n) is 5.67. The molecule has 1 fully saturated rings. The fourth-order valence-corrected chi connectivity index (χ4v) is 3.35. The number of aryl methyl sites for hydroxylation is 1. The van der Waals surface area contributed by atoms with Crippen LogP contribution in [0, 0.1) is 6.92 Å². The van der Waals surface area contributed by atoms with Crippen LogP contribution in [0.15, 0.2) is 29.2 Å². The van der Waals surface area contributed by atoms with E-state index in [1.807, 2.05) is 19.1 Å². The molecule has 0 unspecified atom stereocenters. The molecule has 1 N–H and O–H groups in total. The lowest BCUT2D eigenvalue weighted by Gasteiger charge is -2.12. The molecule has 0 aliphatic heterocycles. The van der Waals surface area contributed by atoms with Gasteiger partial charge in [-0.1, -0.05) is 30.5 Å². The molecule has 0 bridgehead atoms. The van der Waals surface area contributed by atoms with Crippen LogP contribution in [0.5, 0.6) is 0 Å². The van der Waals surface area contributed by atoms with Gasteiger partial charge in [0.1, 0.15) is 0 Å². The van der Waals surface area contributed by atoms with Crippen molar-refractivity contribution in [1.82, 2.24) is 4.72 Å². The summed E-state index contributed by atoms with van der Waals surface area (Å²) in [5, 5.41) is 0. The van der Waals surface area contributed by atoms with Gasteiger partial charge < -0.3 is 0 Å². The molecule has 0 spiro atoms. The van der Waals surface area contributed by atoms with Crippen LogP contribution in [0.1, 0.15) is 31.2 Å². The monoisotopic (exact) mass is 239 g/mol. The Balaban J connectivity index is 2.14. The second-order valence-corrected chi connectivity index (χ2v) is 6.13. The van der Waals surface area contributed by atoms with Crippen LogP contribution in [0.2, 0.25) is 0 Å². The molecule has 1 aromatic rings. The van der Waals surface area contributed by atoms with Gasteiger partial charge in [0.05, 0.1) is 4.90 Å². The fraction of sp³-hybridized carbons (Fsp3) is 0.500. The number of hydrogen-bond donors (Lipinski definition) is 1. The predicted molar refractivity (Wildman–Crippen MR) is 63.8 cm³/mol. The summed E-state index contributed by atoms with van der Waals surface area (Å²) in [6, 6.07) is 7.09. The Morgan fingerprint density at radius 3 is 2.25 bits per heavy atom. The lowest BCUT2D eigenvalue weighted by molar-refractivity contribution is 0.552. The van der Waals surface area contributed by atoms with Crippen molar-refractivity contribution in [1.29, 1.82) is 0 Å². The van der Waals surface area contributed by atoms with Gasteiger partial charge in [-0.2, -0.15) is 0 Å². The Hall–Kier alpha value is -0.870. The molecule has 0 radical (unpaired) electrons. The van der Waals surface area contributed by atoms with E-state index in [1.165, 1.54) is 0 Å². The zero-order valence-electron chi connectivity index (χ0n) is 9.44. The Morgan fingerprint density at radius 2 is 1.69 bits per heavy atom. The minimum atomic E-state index is -3.31. The zero-order valence-corrected chi connectivity index (χ0v) is 10.3. The van der Waals surface area contributed by atoms with Crippen molar-refractivity contribution in [3.05, 3.63) is 29.8 Å². The van der Waals surface area contributed by atoms with Crippen molar-refractivity contribution >= 4 is 10.0 Å². The second-order valence-electron chi connectivity index (χ2n) is 4.42. The van der Waals surface area contributed by atoms with E-state index in [-0.39, 0.29) is 6.04 Å².